The van der Waals surface area contributed by atoms with Crippen molar-refractivity contribution < 1.29 is 4.52 Å². The van der Waals surface area contributed by atoms with Gasteiger partial charge in [-0.3, -0.25) is 0 Å². The van der Waals surface area contributed by atoms with Crippen LogP contribution in [0.4, 0.5) is 0 Å². The van der Waals surface area contributed by atoms with Gasteiger partial charge in [0.05, 0.1) is 5.69 Å². The fourth-order valence-electron chi connectivity index (χ4n) is 1.11. The lowest BCUT2D eigenvalue weighted by molar-refractivity contribution is 0.392. The first-order valence-corrected chi connectivity index (χ1v) is 4.41. The SMILES string of the molecule is Cc1noc(C)c1CCCS. The maximum absolute atomic E-state index is 5.02. The predicted molar refractivity (Wildman–Crippen MR) is 48.2 cm³/mol. The first-order chi connectivity index (χ1) is 5.25. The van der Waals surface area contributed by atoms with Gasteiger partial charge in [-0.05, 0) is 32.4 Å². The monoisotopic (exact) mass is 171 g/mol. The average molecular weight is 171 g/mol. The van der Waals surface area contributed by atoms with Gasteiger partial charge in [-0.1, -0.05) is 5.16 Å². The number of aryl methyl sites for hydroxylation is 2. The Morgan fingerprint density at radius 2 is 2.18 bits per heavy atom. The summed E-state index contributed by atoms with van der Waals surface area (Å²) in [6.45, 7) is 3.93. The molecule has 11 heavy (non-hydrogen) atoms. The summed E-state index contributed by atoms with van der Waals surface area (Å²) >= 11 is 4.15. The van der Waals surface area contributed by atoms with E-state index in [2.05, 4.69) is 17.8 Å². The topological polar surface area (TPSA) is 26.0 Å². The summed E-state index contributed by atoms with van der Waals surface area (Å²) in [5.74, 6) is 1.87. The standard InChI is InChI=1S/C8H13NOS/c1-6-8(4-3-5-11)7(2)10-9-6/h11H,3-5H2,1-2H3. The zero-order chi connectivity index (χ0) is 8.27. The van der Waals surface area contributed by atoms with Crippen molar-refractivity contribution in [1.29, 1.82) is 0 Å². The van der Waals surface area contributed by atoms with Crippen molar-refractivity contribution in [1.82, 2.24) is 5.16 Å². The van der Waals surface area contributed by atoms with Gasteiger partial charge in [-0.25, -0.2) is 0 Å². The normalized spacial score (nSPS) is 10.5. The summed E-state index contributed by atoms with van der Waals surface area (Å²) < 4.78 is 5.02. The molecule has 0 aromatic carbocycles. The number of nitrogens with zero attached hydrogens (tertiary/aromatic N) is 1. The second kappa shape index (κ2) is 3.81. The molecule has 2 nitrogen and oxygen atoms in total. The molecule has 0 aliphatic rings. The van der Waals surface area contributed by atoms with E-state index in [4.69, 9.17) is 4.52 Å². The minimum atomic E-state index is 0.921. The van der Waals surface area contributed by atoms with Crippen molar-refractivity contribution >= 4 is 12.6 Å². The van der Waals surface area contributed by atoms with Crippen molar-refractivity contribution in [3.8, 4) is 0 Å². The Balaban J connectivity index is 2.67. The molecular weight excluding hydrogens is 158 g/mol. The average Bonchev–Trinajstić information content (AvgIpc) is 2.29. The Morgan fingerprint density at radius 3 is 2.64 bits per heavy atom. The molecule has 0 saturated heterocycles. The molecule has 0 radical (unpaired) electrons. The van der Waals surface area contributed by atoms with E-state index < -0.39 is 0 Å². The lowest BCUT2D eigenvalue weighted by Gasteiger charge is -1.95. The third kappa shape index (κ3) is 1.99. The fourth-order valence-corrected chi connectivity index (χ4v) is 1.27. The van der Waals surface area contributed by atoms with E-state index in [1.165, 1.54) is 5.56 Å². The third-order valence-corrected chi connectivity index (χ3v) is 2.08. The second-order valence-corrected chi connectivity index (χ2v) is 3.08. The molecule has 62 valence electrons. The van der Waals surface area contributed by atoms with Crippen LogP contribution in [-0.4, -0.2) is 10.9 Å². The van der Waals surface area contributed by atoms with Gasteiger partial charge >= 0.3 is 0 Å². The van der Waals surface area contributed by atoms with Gasteiger partial charge in [0, 0.05) is 5.56 Å². The maximum Gasteiger partial charge on any atom is 0.137 e. The van der Waals surface area contributed by atoms with Gasteiger partial charge in [0.1, 0.15) is 5.76 Å². The van der Waals surface area contributed by atoms with Gasteiger partial charge in [0.25, 0.3) is 0 Å². The molecule has 1 aromatic rings. The van der Waals surface area contributed by atoms with Crippen LogP contribution in [0.2, 0.25) is 0 Å². The molecule has 0 aliphatic carbocycles. The first-order valence-electron chi connectivity index (χ1n) is 3.78. The molecule has 0 aliphatic heterocycles. The zero-order valence-electron chi connectivity index (χ0n) is 6.92. The molecule has 0 fully saturated rings. The molecule has 1 aromatic heterocycles. The minimum Gasteiger partial charge on any atom is -0.361 e. The molecule has 0 amide bonds. The van der Waals surface area contributed by atoms with Crippen molar-refractivity contribution in [2.24, 2.45) is 0 Å². The van der Waals surface area contributed by atoms with E-state index in [9.17, 15) is 0 Å². The van der Waals surface area contributed by atoms with Crippen LogP contribution in [0.3, 0.4) is 0 Å². The van der Waals surface area contributed by atoms with Crippen LogP contribution in [0.1, 0.15) is 23.4 Å². The molecule has 1 heterocycles. The zero-order valence-corrected chi connectivity index (χ0v) is 7.82. The first kappa shape index (κ1) is 8.65. The molecule has 0 bridgehead atoms. The quantitative estimate of drug-likeness (QED) is 0.705. The number of hydrogen-bond donors (Lipinski definition) is 1. The van der Waals surface area contributed by atoms with E-state index in [1.54, 1.807) is 0 Å². The van der Waals surface area contributed by atoms with Crippen LogP contribution in [-0.2, 0) is 6.42 Å². The van der Waals surface area contributed by atoms with Gasteiger partial charge < -0.3 is 4.52 Å². The smallest absolute Gasteiger partial charge is 0.137 e. The largest absolute Gasteiger partial charge is 0.361 e. The highest BCUT2D eigenvalue weighted by Gasteiger charge is 2.06. The summed E-state index contributed by atoms with van der Waals surface area (Å²) in [6, 6.07) is 0. The van der Waals surface area contributed by atoms with E-state index in [0.717, 1.165) is 30.0 Å². The van der Waals surface area contributed by atoms with Crippen molar-refractivity contribution in [2.75, 3.05) is 5.75 Å². The summed E-state index contributed by atoms with van der Waals surface area (Å²) in [5, 5.41) is 3.87. The van der Waals surface area contributed by atoms with Crippen molar-refractivity contribution in [2.45, 2.75) is 26.7 Å². The Morgan fingerprint density at radius 1 is 1.45 bits per heavy atom. The van der Waals surface area contributed by atoms with Crippen LogP contribution in [0, 0.1) is 13.8 Å². The molecular formula is C8H13NOS. The number of thiol groups is 1. The van der Waals surface area contributed by atoms with Gasteiger partial charge in [0.15, 0.2) is 0 Å². The Labute approximate surface area is 72.4 Å². The van der Waals surface area contributed by atoms with Crippen molar-refractivity contribution in [3.63, 3.8) is 0 Å². The molecule has 1 rings (SSSR count). The molecule has 0 N–H and O–H groups in total. The minimum absolute atomic E-state index is 0.921. The lowest BCUT2D eigenvalue weighted by Crippen LogP contribution is -1.89. The van der Waals surface area contributed by atoms with E-state index in [0.29, 0.717) is 0 Å². The molecule has 3 heteroatoms. The fraction of sp³-hybridized carbons (Fsp3) is 0.625. The number of aromatic nitrogens is 1. The lowest BCUT2D eigenvalue weighted by atomic mass is 10.1. The highest BCUT2D eigenvalue weighted by molar-refractivity contribution is 7.80. The summed E-state index contributed by atoms with van der Waals surface area (Å²) in [4.78, 5) is 0. The summed E-state index contributed by atoms with van der Waals surface area (Å²) in [5.41, 5.74) is 2.27. The van der Waals surface area contributed by atoms with Crippen LogP contribution < -0.4 is 0 Å². The Hall–Kier alpha value is -0.440. The van der Waals surface area contributed by atoms with Crippen molar-refractivity contribution in [3.05, 3.63) is 17.0 Å². The highest BCUT2D eigenvalue weighted by atomic mass is 32.1. The van der Waals surface area contributed by atoms with Crippen LogP contribution in [0.15, 0.2) is 4.52 Å². The van der Waals surface area contributed by atoms with E-state index in [-0.39, 0.29) is 0 Å². The summed E-state index contributed by atoms with van der Waals surface area (Å²) in [7, 11) is 0. The third-order valence-electron chi connectivity index (χ3n) is 1.77. The molecule has 0 spiro atoms. The van der Waals surface area contributed by atoms with Crippen LogP contribution in [0.5, 0.6) is 0 Å². The van der Waals surface area contributed by atoms with E-state index >= 15 is 0 Å². The highest BCUT2D eigenvalue weighted by Crippen LogP contribution is 2.14. The molecule has 0 saturated carbocycles. The molecule has 0 unspecified atom stereocenters. The van der Waals surface area contributed by atoms with Crippen LogP contribution in [0.25, 0.3) is 0 Å². The number of rotatable bonds is 3. The molecule has 0 atom stereocenters. The number of hydrogen-bond acceptors (Lipinski definition) is 3. The predicted octanol–water partition coefficient (Wildman–Crippen LogP) is 2.15. The van der Waals surface area contributed by atoms with Gasteiger partial charge in [0.2, 0.25) is 0 Å². The Bertz CT molecular complexity index is 212. The van der Waals surface area contributed by atoms with Crippen LogP contribution >= 0.6 is 12.6 Å². The second-order valence-electron chi connectivity index (χ2n) is 2.63. The van der Waals surface area contributed by atoms with Gasteiger partial charge in [-0.15, -0.1) is 0 Å². The maximum atomic E-state index is 5.02. The van der Waals surface area contributed by atoms with E-state index in [1.807, 2.05) is 13.8 Å². The Kier molecular flexibility index (Phi) is 3.00. The van der Waals surface area contributed by atoms with Gasteiger partial charge in [-0.2, -0.15) is 12.6 Å². The summed E-state index contributed by atoms with van der Waals surface area (Å²) in [6.07, 6.45) is 2.12.